The Kier molecular flexibility index (Phi) is 13.3. The summed E-state index contributed by atoms with van der Waals surface area (Å²) in [7, 11) is 0. The second-order valence-electron chi connectivity index (χ2n) is 15.4. The maximum Gasteiger partial charge on any atom is -0.0150 e. The van der Waals surface area contributed by atoms with Gasteiger partial charge in [0.2, 0.25) is 0 Å². The first kappa shape index (κ1) is 33.6. The van der Waals surface area contributed by atoms with Gasteiger partial charge in [0.15, 0.2) is 0 Å². The van der Waals surface area contributed by atoms with Crippen molar-refractivity contribution in [1.82, 2.24) is 0 Å². The lowest BCUT2D eigenvalue weighted by molar-refractivity contribution is 0.592. The zero-order valence-electron chi connectivity index (χ0n) is 28.3. The molecule has 39 heavy (non-hydrogen) atoms. The van der Waals surface area contributed by atoms with Crippen LogP contribution in [-0.4, -0.2) is 0 Å². The molecule has 0 radical (unpaired) electrons. The van der Waals surface area contributed by atoms with Gasteiger partial charge in [0.1, 0.15) is 0 Å². The number of rotatable bonds is 15. The van der Waals surface area contributed by atoms with Gasteiger partial charge in [0, 0.05) is 0 Å². The Morgan fingerprint density at radius 3 is 0.923 bits per heavy atom. The summed E-state index contributed by atoms with van der Waals surface area (Å²) >= 11 is 0. The lowest BCUT2D eigenvalue weighted by Gasteiger charge is -2.25. The van der Waals surface area contributed by atoms with E-state index in [-0.39, 0.29) is 0 Å². The van der Waals surface area contributed by atoms with Crippen molar-refractivity contribution in [2.45, 2.75) is 141 Å². The molecule has 0 saturated carbocycles. The van der Waals surface area contributed by atoms with Gasteiger partial charge in [-0.05, 0) is 131 Å². The van der Waals surface area contributed by atoms with Crippen LogP contribution in [0.4, 0.5) is 0 Å². The van der Waals surface area contributed by atoms with E-state index in [4.69, 9.17) is 0 Å². The average molecular weight is 533 g/mol. The molecule has 2 aromatic carbocycles. The van der Waals surface area contributed by atoms with Gasteiger partial charge in [-0.2, -0.15) is 0 Å². The first-order chi connectivity index (χ1) is 18.2. The fraction of sp³-hybridized carbons (Fsp3) is 0.692. The summed E-state index contributed by atoms with van der Waals surface area (Å²) in [6, 6.07) is 10.4. The van der Waals surface area contributed by atoms with Crippen LogP contribution in [0.1, 0.15) is 140 Å². The largest absolute Gasteiger partial charge is 0.0625 e. The standard InChI is InChI=1S/C39H64/c1-25(2)14-34-21-32(22-35(15-26(3)4)38(34)18-29(9)10)20-31(13)33-23-36(16-27(5)6)39(19-30(11)12)37(24-33)17-28(7)8/h21-31H,14-20H2,1-13H3. The summed E-state index contributed by atoms with van der Waals surface area (Å²) in [6.07, 6.45) is 8.29. The Labute approximate surface area is 244 Å². The van der Waals surface area contributed by atoms with Crippen molar-refractivity contribution in [3.63, 3.8) is 0 Å². The molecular formula is C39H64. The molecule has 0 aliphatic carbocycles. The molecule has 2 rings (SSSR count). The van der Waals surface area contributed by atoms with Gasteiger partial charge in [0.05, 0.1) is 0 Å². The van der Waals surface area contributed by atoms with Crippen molar-refractivity contribution in [3.8, 4) is 0 Å². The number of benzene rings is 2. The minimum atomic E-state index is 0.518. The van der Waals surface area contributed by atoms with E-state index in [1.807, 2.05) is 0 Å². The Morgan fingerprint density at radius 1 is 0.359 bits per heavy atom. The summed E-state index contributed by atoms with van der Waals surface area (Å²) < 4.78 is 0. The first-order valence-electron chi connectivity index (χ1n) is 16.4. The van der Waals surface area contributed by atoms with Crippen molar-refractivity contribution in [3.05, 3.63) is 68.8 Å². The third-order valence-corrected chi connectivity index (χ3v) is 7.80. The summed E-state index contributed by atoms with van der Waals surface area (Å²) in [5, 5.41) is 0. The van der Waals surface area contributed by atoms with Gasteiger partial charge in [-0.3, -0.25) is 0 Å². The van der Waals surface area contributed by atoms with E-state index in [0.717, 1.165) is 6.42 Å². The van der Waals surface area contributed by atoms with Gasteiger partial charge < -0.3 is 0 Å². The SMILES string of the molecule is CC(C)Cc1cc(CC(C)c2cc(CC(C)C)c(CC(C)C)c(CC(C)C)c2)cc(CC(C)C)c1CC(C)C. The van der Waals surface area contributed by atoms with Crippen molar-refractivity contribution in [2.75, 3.05) is 0 Å². The van der Waals surface area contributed by atoms with Crippen LogP contribution in [0.15, 0.2) is 24.3 Å². The second kappa shape index (κ2) is 15.4. The minimum Gasteiger partial charge on any atom is -0.0625 e. The molecule has 0 bridgehead atoms. The third kappa shape index (κ3) is 11.1. The Morgan fingerprint density at radius 2 is 0.641 bits per heavy atom. The van der Waals surface area contributed by atoms with Crippen LogP contribution in [-0.2, 0) is 44.9 Å². The highest BCUT2D eigenvalue weighted by Crippen LogP contribution is 2.32. The lowest BCUT2D eigenvalue weighted by atomic mass is 9.81. The zero-order chi connectivity index (χ0) is 29.4. The highest BCUT2D eigenvalue weighted by molar-refractivity contribution is 5.44. The molecule has 0 spiro atoms. The molecule has 0 N–H and O–H groups in total. The van der Waals surface area contributed by atoms with Crippen molar-refractivity contribution in [2.24, 2.45) is 35.5 Å². The van der Waals surface area contributed by atoms with Crippen LogP contribution in [0.25, 0.3) is 0 Å². The van der Waals surface area contributed by atoms with Gasteiger partial charge in [-0.1, -0.05) is 114 Å². The highest BCUT2D eigenvalue weighted by atomic mass is 14.2. The van der Waals surface area contributed by atoms with Crippen LogP contribution in [0.5, 0.6) is 0 Å². The summed E-state index contributed by atoms with van der Waals surface area (Å²) in [6.45, 7) is 31.0. The van der Waals surface area contributed by atoms with Gasteiger partial charge in [-0.25, -0.2) is 0 Å². The van der Waals surface area contributed by atoms with E-state index in [0.29, 0.717) is 41.4 Å². The quantitative estimate of drug-likeness (QED) is 0.214. The molecule has 1 unspecified atom stereocenters. The van der Waals surface area contributed by atoms with Crippen LogP contribution in [0.3, 0.4) is 0 Å². The van der Waals surface area contributed by atoms with Crippen molar-refractivity contribution in [1.29, 1.82) is 0 Å². The average Bonchev–Trinajstić information content (AvgIpc) is 2.76. The Bertz CT molecular complexity index is 952. The molecule has 0 nitrogen and oxygen atoms in total. The molecule has 220 valence electrons. The van der Waals surface area contributed by atoms with Crippen LogP contribution in [0, 0.1) is 35.5 Å². The maximum atomic E-state index is 2.60. The number of hydrogen-bond donors (Lipinski definition) is 0. The summed E-state index contributed by atoms with van der Waals surface area (Å²) in [4.78, 5) is 0. The molecule has 0 aromatic heterocycles. The summed E-state index contributed by atoms with van der Waals surface area (Å²) in [5.74, 6) is 4.62. The molecule has 0 heterocycles. The Hall–Kier alpha value is -1.56. The predicted molar refractivity (Wildman–Crippen MR) is 176 cm³/mol. The second-order valence-corrected chi connectivity index (χ2v) is 15.4. The van der Waals surface area contributed by atoms with E-state index < -0.39 is 0 Å². The molecule has 2 aromatic rings. The number of hydrogen-bond acceptors (Lipinski definition) is 0. The zero-order valence-corrected chi connectivity index (χ0v) is 28.3. The minimum absolute atomic E-state index is 0.518. The van der Waals surface area contributed by atoms with Gasteiger partial charge in [-0.15, -0.1) is 0 Å². The van der Waals surface area contributed by atoms with E-state index in [2.05, 4.69) is 114 Å². The monoisotopic (exact) mass is 533 g/mol. The molecule has 0 amide bonds. The van der Waals surface area contributed by atoms with Crippen molar-refractivity contribution >= 4 is 0 Å². The molecule has 0 saturated heterocycles. The van der Waals surface area contributed by atoms with E-state index in [9.17, 15) is 0 Å². The van der Waals surface area contributed by atoms with E-state index in [1.165, 1.54) is 38.5 Å². The summed E-state index contributed by atoms with van der Waals surface area (Å²) in [5.41, 5.74) is 12.9. The van der Waals surface area contributed by atoms with Crippen LogP contribution < -0.4 is 0 Å². The van der Waals surface area contributed by atoms with Gasteiger partial charge >= 0.3 is 0 Å². The molecular weight excluding hydrogens is 468 g/mol. The molecule has 1 atom stereocenters. The van der Waals surface area contributed by atoms with E-state index >= 15 is 0 Å². The Balaban J connectivity index is 2.58. The maximum absolute atomic E-state index is 2.60. The van der Waals surface area contributed by atoms with Crippen LogP contribution in [0.2, 0.25) is 0 Å². The third-order valence-electron chi connectivity index (χ3n) is 7.80. The fourth-order valence-electron chi connectivity index (χ4n) is 6.40. The molecule has 0 aliphatic heterocycles. The van der Waals surface area contributed by atoms with Gasteiger partial charge in [0.25, 0.3) is 0 Å². The smallest absolute Gasteiger partial charge is 0.0150 e. The highest BCUT2D eigenvalue weighted by Gasteiger charge is 2.20. The first-order valence-corrected chi connectivity index (χ1v) is 16.4. The van der Waals surface area contributed by atoms with E-state index in [1.54, 1.807) is 44.5 Å². The molecule has 0 fully saturated rings. The normalized spacial score (nSPS) is 13.2. The molecule has 0 aliphatic rings. The topological polar surface area (TPSA) is 0 Å². The molecule has 0 heteroatoms. The predicted octanol–water partition coefficient (Wildman–Crippen LogP) is 11.2. The fourth-order valence-corrected chi connectivity index (χ4v) is 6.40. The van der Waals surface area contributed by atoms with Crippen molar-refractivity contribution < 1.29 is 0 Å². The lowest BCUT2D eigenvalue weighted by Crippen LogP contribution is -2.13. The van der Waals surface area contributed by atoms with Crippen LogP contribution >= 0.6 is 0 Å².